The first-order valence-electron chi connectivity index (χ1n) is 17.5. The molecule has 0 saturated heterocycles. The van der Waals surface area contributed by atoms with Crippen molar-refractivity contribution < 1.29 is 24.5 Å². The highest BCUT2D eigenvalue weighted by atomic mass is 17.2. The lowest BCUT2D eigenvalue weighted by molar-refractivity contribution is -0.266. The highest BCUT2D eigenvalue weighted by Gasteiger charge is 2.52. The van der Waals surface area contributed by atoms with Crippen LogP contribution < -0.4 is 0 Å². The minimum absolute atomic E-state index is 0.109. The number of carbonyl (C=O) groups excluding carboxylic acids is 2. The summed E-state index contributed by atoms with van der Waals surface area (Å²) in [6.07, 6.45) is 22.2. The van der Waals surface area contributed by atoms with Crippen LogP contribution in [0.5, 0.6) is 0 Å². The predicted molar refractivity (Wildman–Crippen MR) is 179 cm³/mol. The number of rotatable bonds is 22. The molecular formula is C38H66O5. The van der Waals surface area contributed by atoms with E-state index in [9.17, 15) is 14.7 Å². The van der Waals surface area contributed by atoms with Crippen LogP contribution in [-0.2, 0) is 36.6 Å². The van der Waals surface area contributed by atoms with Crippen molar-refractivity contribution in [2.45, 2.75) is 182 Å². The highest BCUT2D eigenvalue weighted by molar-refractivity contribution is 5.85. The van der Waals surface area contributed by atoms with Crippen LogP contribution in [0.3, 0.4) is 0 Å². The molecular weight excluding hydrogens is 536 g/mol. The van der Waals surface area contributed by atoms with Crippen LogP contribution in [-0.4, -0.2) is 23.7 Å². The van der Waals surface area contributed by atoms with Crippen LogP contribution in [0.25, 0.3) is 0 Å². The van der Waals surface area contributed by atoms with Gasteiger partial charge in [-0.25, -0.2) is 19.4 Å². The fraction of sp³-hybridized carbons (Fsp3) is 0.789. The zero-order chi connectivity index (χ0) is 32.4. The molecule has 0 spiro atoms. The fourth-order valence-corrected chi connectivity index (χ4v) is 6.01. The Balaban J connectivity index is 2.76. The van der Waals surface area contributed by atoms with Crippen molar-refractivity contribution >= 4 is 11.9 Å². The van der Waals surface area contributed by atoms with Crippen molar-refractivity contribution in [2.75, 3.05) is 6.61 Å². The highest BCUT2D eigenvalue weighted by Crippen LogP contribution is 2.46. The number of hydrogen-bond acceptors (Lipinski definition) is 5. The third-order valence-corrected chi connectivity index (χ3v) is 9.46. The molecule has 0 fully saturated rings. The molecule has 1 N–H and O–H groups in total. The summed E-state index contributed by atoms with van der Waals surface area (Å²) in [5.41, 5.74) is 0.984. The lowest BCUT2D eigenvalue weighted by Crippen LogP contribution is -2.50. The summed E-state index contributed by atoms with van der Waals surface area (Å²) in [6, 6.07) is 6.13. The first-order chi connectivity index (χ1) is 20.4. The third-order valence-electron chi connectivity index (χ3n) is 9.46. The van der Waals surface area contributed by atoms with E-state index < -0.39 is 22.8 Å². The van der Waals surface area contributed by atoms with Crippen molar-refractivity contribution in [3.63, 3.8) is 0 Å². The molecule has 1 atom stereocenters. The minimum atomic E-state index is -1.22. The maximum absolute atomic E-state index is 13.6. The smallest absolute Gasteiger partial charge is 0.366 e. The van der Waals surface area contributed by atoms with Gasteiger partial charge in [0.15, 0.2) is 0 Å². The summed E-state index contributed by atoms with van der Waals surface area (Å²) < 4.78 is 0. The molecule has 0 radical (unpaired) electrons. The van der Waals surface area contributed by atoms with Gasteiger partial charge >= 0.3 is 11.9 Å². The molecule has 0 aliphatic heterocycles. The number of carbonyl (C=O) groups is 2. The van der Waals surface area contributed by atoms with Gasteiger partial charge in [0.1, 0.15) is 5.41 Å². The number of aliphatic hydroxyl groups is 1. The maximum Gasteiger partial charge on any atom is 0.366 e. The molecule has 0 amide bonds. The molecule has 5 heteroatoms. The predicted octanol–water partition coefficient (Wildman–Crippen LogP) is 10.5. The Morgan fingerprint density at radius 3 is 1.51 bits per heavy atom. The Morgan fingerprint density at radius 1 is 0.651 bits per heavy atom. The van der Waals surface area contributed by atoms with Crippen molar-refractivity contribution in [3.8, 4) is 0 Å². The number of aliphatic hydroxyl groups excluding tert-OH is 1. The van der Waals surface area contributed by atoms with E-state index in [0.717, 1.165) is 30.4 Å². The molecule has 0 aliphatic carbocycles. The van der Waals surface area contributed by atoms with Crippen LogP contribution in [0, 0.1) is 5.41 Å². The Morgan fingerprint density at radius 2 is 1.09 bits per heavy atom. The van der Waals surface area contributed by atoms with Crippen LogP contribution in [0.4, 0.5) is 0 Å². The van der Waals surface area contributed by atoms with Crippen LogP contribution in [0.15, 0.2) is 18.2 Å². The van der Waals surface area contributed by atoms with Gasteiger partial charge in [0, 0.05) is 18.4 Å². The Hall–Kier alpha value is -1.88. The standard InChI is InChI=1S/C38H66O5/c1-9-11-12-13-14-15-16-17-18-19-20-21-22-23-24-25-27-31-32(36(3,4)5)28-26-29-33(31)38(8,37(6,7)30-39)35(41)43-42-34(40)10-2/h26,28-29,39H,9-25,27,30H2,1-8H3. The van der Waals surface area contributed by atoms with Gasteiger partial charge in [-0.2, -0.15) is 0 Å². The van der Waals surface area contributed by atoms with Crippen LogP contribution in [0.1, 0.15) is 181 Å². The normalized spacial score (nSPS) is 13.5. The summed E-state index contributed by atoms with van der Waals surface area (Å²) in [5.74, 6) is -1.26. The first kappa shape index (κ1) is 39.1. The van der Waals surface area contributed by atoms with Gasteiger partial charge in [-0.15, -0.1) is 0 Å². The van der Waals surface area contributed by atoms with E-state index >= 15 is 0 Å². The number of benzene rings is 1. The van der Waals surface area contributed by atoms with E-state index in [2.05, 4.69) is 33.8 Å². The lowest BCUT2D eigenvalue weighted by atomic mass is 9.61. The topological polar surface area (TPSA) is 72.8 Å². The molecule has 0 saturated carbocycles. The quantitative estimate of drug-likeness (QED) is 0.0812. The molecule has 43 heavy (non-hydrogen) atoms. The van der Waals surface area contributed by atoms with Gasteiger partial charge in [0.05, 0.1) is 0 Å². The third kappa shape index (κ3) is 12.9. The van der Waals surface area contributed by atoms with E-state index in [4.69, 9.17) is 9.78 Å². The fourth-order valence-electron chi connectivity index (χ4n) is 6.01. The Kier molecular flexibility index (Phi) is 18.4. The summed E-state index contributed by atoms with van der Waals surface area (Å²) in [4.78, 5) is 35.3. The summed E-state index contributed by atoms with van der Waals surface area (Å²) >= 11 is 0. The SMILES string of the molecule is CCCCCCCCCCCCCCCCCCc1c(C(C)(C)C)cccc1C(C)(C(=O)OOC(=O)CC)C(C)(C)CO. The van der Waals surface area contributed by atoms with Gasteiger partial charge < -0.3 is 5.11 Å². The summed E-state index contributed by atoms with van der Waals surface area (Å²) in [6.45, 7) is 15.8. The largest absolute Gasteiger partial charge is 0.396 e. The molecule has 5 nitrogen and oxygen atoms in total. The van der Waals surface area contributed by atoms with E-state index in [1.54, 1.807) is 6.92 Å². The molecule has 1 aromatic carbocycles. The van der Waals surface area contributed by atoms with E-state index in [1.165, 1.54) is 95.5 Å². The van der Waals surface area contributed by atoms with Gasteiger partial charge in [-0.1, -0.05) is 163 Å². The molecule has 248 valence electrons. The van der Waals surface area contributed by atoms with Gasteiger partial charge in [0.2, 0.25) is 0 Å². The van der Waals surface area contributed by atoms with E-state index in [-0.39, 0.29) is 18.4 Å². The van der Waals surface area contributed by atoms with Crippen molar-refractivity contribution in [2.24, 2.45) is 5.41 Å². The second-order valence-electron chi connectivity index (χ2n) is 14.5. The van der Waals surface area contributed by atoms with E-state index in [1.807, 2.05) is 32.9 Å². The summed E-state index contributed by atoms with van der Waals surface area (Å²) in [7, 11) is 0. The Bertz CT molecular complexity index is 929. The molecule has 0 aliphatic rings. The maximum atomic E-state index is 13.6. The minimum Gasteiger partial charge on any atom is -0.396 e. The zero-order valence-electron chi connectivity index (χ0n) is 29.2. The molecule has 0 aromatic heterocycles. The first-order valence-corrected chi connectivity index (χ1v) is 17.5. The van der Waals surface area contributed by atoms with Crippen molar-refractivity contribution in [1.82, 2.24) is 0 Å². The van der Waals surface area contributed by atoms with Crippen molar-refractivity contribution in [1.29, 1.82) is 0 Å². The average molecular weight is 603 g/mol. The second kappa shape index (κ2) is 20.2. The van der Waals surface area contributed by atoms with Gasteiger partial charge in [-0.3, -0.25) is 0 Å². The monoisotopic (exact) mass is 602 g/mol. The van der Waals surface area contributed by atoms with Gasteiger partial charge in [-0.05, 0) is 41.9 Å². The second-order valence-corrected chi connectivity index (χ2v) is 14.5. The van der Waals surface area contributed by atoms with E-state index in [0.29, 0.717) is 0 Å². The van der Waals surface area contributed by atoms with Crippen LogP contribution in [0.2, 0.25) is 0 Å². The Labute approximate surface area is 264 Å². The lowest BCUT2D eigenvalue weighted by Gasteiger charge is -2.42. The molecule has 0 bridgehead atoms. The molecule has 1 aromatic rings. The number of hydrogen-bond donors (Lipinski definition) is 1. The average Bonchev–Trinajstić information content (AvgIpc) is 2.98. The zero-order valence-corrected chi connectivity index (χ0v) is 29.2. The molecule has 1 rings (SSSR count). The number of unbranched alkanes of at least 4 members (excludes halogenated alkanes) is 15. The molecule has 0 heterocycles. The van der Waals surface area contributed by atoms with Gasteiger partial charge in [0.25, 0.3) is 0 Å². The van der Waals surface area contributed by atoms with Crippen LogP contribution >= 0.6 is 0 Å². The molecule has 1 unspecified atom stereocenters. The van der Waals surface area contributed by atoms with Crippen molar-refractivity contribution in [3.05, 3.63) is 34.9 Å². The summed E-state index contributed by atoms with van der Waals surface area (Å²) in [5, 5.41) is 10.4.